The summed E-state index contributed by atoms with van der Waals surface area (Å²) in [5, 5.41) is 10.5. The van der Waals surface area contributed by atoms with Crippen molar-refractivity contribution in [3.8, 4) is 0 Å². The first-order valence-corrected chi connectivity index (χ1v) is 9.29. The van der Waals surface area contributed by atoms with Crippen molar-refractivity contribution in [3.05, 3.63) is 34.3 Å². The Labute approximate surface area is 139 Å². The van der Waals surface area contributed by atoms with Crippen LogP contribution in [0.5, 0.6) is 0 Å². The highest BCUT2D eigenvalue weighted by molar-refractivity contribution is 9.10. The summed E-state index contributed by atoms with van der Waals surface area (Å²) in [6.07, 6.45) is 12.2. The Morgan fingerprint density at radius 1 is 0.905 bits per heavy atom. The predicted molar refractivity (Wildman–Crippen MR) is 95.7 cm³/mol. The van der Waals surface area contributed by atoms with Gasteiger partial charge >= 0.3 is 0 Å². The third-order valence-corrected chi connectivity index (χ3v) is 4.60. The van der Waals surface area contributed by atoms with E-state index >= 15 is 0 Å². The summed E-state index contributed by atoms with van der Waals surface area (Å²) in [4.78, 5) is 0. The molecule has 0 saturated heterocycles. The number of halogens is 1. The Kier molecular flexibility index (Phi) is 9.26. The van der Waals surface area contributed by atoms with E-state index < -0.39 is 5.60 Å². The molecule has 120 valence electrons. The van der Waals surface area contributed by atoms with Gasteiger partial charge in [-0.3, -0.25) is 0 Å². The summed E-state index contributed by atoms with van der Waals surface area (Å²) in [6.45, 7) is 4.23. The average Bonchev–Trinajstić information content (AvgIpc) is 2.44. The van der Waals surface area contributed by atoms with Gasteiger partial charge in [0.25, 0.3) is 0 Å². The first-order chi connectivity index (χ1) is 10.0. The molecule has 2 heteroatoms. The first-order valence-electron chi connectivity index (χ1n) is 8.50. The minimum Gasteiger partial charge on any atom is -0.390 e. The molecule has 0 aromatic heterocycles. The van der Waals surface area contributed by atoms with Crippen molar-refractivity contribution in [2.45, 2.75) is 83.7 Å². The second-order valence-corrected chi connectivity index (χ2v) is 7.44. The summed E-state index contributed by atoms with van der Waals surface area (Å²) in [5.74, 6) is 0. The lowest BCUT2D eigenvalue weighted by molar-refractivity contribution is 0.0484. The lowest BCUT2D eigenvalue weighted by Gasteiger charge is -2.23. The molecule has 0 heterocycles. The van der Waals surface area contributed by atoms with Crippen LogP contribution >= 0.6 is 15.9 Å². The van der Waals surface area contributed by atoms with Crippen LogP contribution in [0.1, 0.15) is 77.2 Å². The Balaban J connectivity index is 2.13. The average molecular weight is 355 g/mol. The Morgan fingerprint density at radius 2 is 1.43 bits per heavy atom. The zero-order chi connectivity index (χ0) is 15.6. The quantitative estimate of drug-likeness (QED) is 0.464. The molecule has 0 spiro atoms. The topological polar surface area (TPSA) is 20.2 Å². The molecule has 1 nitrogen and oxygen atoms in total. The number of rotatable bonds is 11. The molecule has 0 fully saturated rings. The Bertz CT molecular complexity index is 370. The SMILES string of the molecule is CCCCCCCCCCC(C)(O)Cc1ccc(Br)cc1. The van der Waals surface area contributed by atoms with E-state index in [4.69, 9.17) is 0 Å². The van der Waals surface area contributed by atoms with Crippen LogP contribution in [0.15, 0.2) is 28.7 Å². The zero-order valence-corrected chi connectivity index (χ0v) is 15.3. The molecule has 1 N–H and O–H groups in total. The van der Waals surface area contributed by atoms with Crippen molar-refractivity contribution < 1.29 is 5.11 Å². The van der Waals surface area contributed by atoms with Gasteiger partial charge in [0.2, 0.25) is 0 Å². The second-order valence-electron chi connectivity index (χ2n) is 6.53. The summed E-state index contributed by atoms with van der Waals surface area (Å²) in [6, 6.07) is 8.27. The molecule has 0 aliphatic rings. The fraction of sp³-hybridized carbons (Fsp3) is 0.684. The van der Waals surface area contributed by atoms with Gasteiger partial charge in [0, 0.05) is 10.9 Å². The third-order valence-electron chi connectivity index (χ3n) is 4.07. The maximum Gasteiger partial charge on any atom is 0.0660 e. The van der Waals surface area contributed by atoms with Gasteiger partial charge in [-0.05, 0) is 31.0 Å². The molecule has 0 aliphatic carbocycles. The largest absolute Gasteiger partial charge is 0.390 e. The maximum absolute atomic E-state index is 10.5. The highest BCUT2D eigenvalue weighted by Gasteiger charge is 2.20. The van der Waals surface area contributed by atoms with Crippen LogP contribution in [0.2, 0.25) is 0 Å². The standard InChI is InChI=1S/C19H31BrO/c1-3-4-5-6-7-8-9-10-15-19(2,21)16-17-11-13-18(20)14-12-17/h11-14,21H,3-10,15-16H2,1-2H3. The molecule has 0 bridgehead atoms. The predicted octanol–water partition coefficient (Wildman–Crippen LogP) is 6.27. The van der Waals surface area contributed by atoms with E-state index in [9.17, 15) is 5.11 Å². The van der Waals surface area contributed by atoms with Gasteiger partial charge in [-0.15, -0.1) is 0 Å². The highest BCUT2D eigenvalue weighted by Crippen LogP contribution is 2.22. The highest BCUT2D eigenvalue weighted by atomic mass is 79.9. The Hall–Kier alpha value is -0.340. The number of unbranched alkanes of at least 4 members (excludes halogenated alkanes) is 7. The minimum absolute atomic E-state index is 0.573. The lowest BCUT2D eigenvalue weighted by Crippen LogP contribution is -2.26. The molecule has 0 aliphatic heterocycles. The van der Waals surface area contributed by atoms with E-state index in [1.807, 2.05) is 19.1 Å². The van der Waals surface area contributed by atoms with E-state index in [1.54, 1.807) is 0 Å². The van der Waals surface area contributed by atoms with Crippen LogP contribution in [0.4, 0.5) is 0 Å². The summed E-state index contributed by atoms with van der Waals surface area (Å²) in [5.41, 5.74) is 0.638. The molecule has 1 rings (SSSR count). The molecule has 1 atom stereocenters. The van der Waals surface area contributed by atoms with Crippen molar-refractivity contribution in [1.29, 1.82) is 0 Å². The van der Waals surface area contributed by atoms with Crippen LogP contribution in [0.25, 0.3) is 0 Å². The lowest BCUT2D eigenvalue weighted by atomic mass is 9.91. The molecule has 0 saturated carbocycles. The van der Waals surface area contributed by atoms with Gasteiger partial charge in [0.15, 0.2) is 0 Å². The van der Waals surface area contributed by atoms with Gasteiger partial charge in [0.1, 0.15) is 0 Å². The fourth-order valence-electron chi connectivity index (χ4n) is 2.77. The van der Waals surface area contributed by atoms with Crippen LogP contribution in [0, 0.1) is 0 Å². The molecule has 1 unspecified atom stereocenters. The van der Waals surface area contributed by atoms with Crippen molar-refractivity contribution >= 4 is 15.9 Å². The van der Waals surface area contributed by atoms with Crippen molar-refractivity contribution in [3.63, 3.8) is 0 Å². The maximum atomic E-state index is 10.5. The normalized spacial score (nSPS) is 14.1. The van der Waals surface area contributed by atoms with E-state index in [0.29, 0.717) is 0 Å². The number of hydrogen-bond acceptors (Lipinski definition) is 1. The van der Waals surface area contributed by atoms with Crippen LogP contribution in [-0.4, -0.2) is 10.7 Å². The van der Waals surface area contributed by atoms with Gasteiger partial charge < -0.3 is 5.11 Å². The van der Waals surface area contributed by atoms with Gasteiger partial charge in [0.05, 0.1) is 5.60 Å². The third kappa shape index (κ3) is 9.31. The molecular formula is C19H31BrO. The number of benzene rings is 1. The molecule has 21 heavy (non-hydrogen) atoms. The number of aliphatic hydroxyl groups is 1. The first kappa shape index (κ1) is 18.7. The summed E-state index contributed by atoms with van der Waals surface area (Å²) >= 11 is 3.44. The molecule has 1 aromatic rings. The van der Waals surface area contributed by atoms with E-state index in [-0.39, 0.29) is 0 Å². The monoisotopic (exact) mass is 354 g/mol. The minimum atomic E-state index is -0.573. The molecule has 0 amide bonds. The summed E-state index contributed by atoms with van der Waals surface area (Å²) in [7, 11) is 0. The van der Waals surface area contributed by atoms with Crippen LogP contribution < -0.4 is 0 Å². The Morgan fingerprint density at radius 3 is 2.00 bits per heavy atom. The second kappa shape index (κ2) is 10.4. The molecule has 0 radical (unpaired) electrons. The van der Waals surface area contributed by atoms with Crippen molar-refractivity contribution in [2.75, 3.05) is 0 Å². The van der Waals surface area contributed by atoms with Crippen molar-refractivity contribution in [2.24, 2.45) is 0 Å². The van der Waals surface area contributed by atoms with E-state index in [0.717, 1.165) is 23.7 Å². The smallest absolute Gasteiger partial charge is 0.0660 e. The van der Waals surface area contributed by atoms with Crippen LogP contribution in [-0.2, 0) is 6.42 Å². The van der Waals surface area contributed by atoms with E-state index in [1.165, 1.54) is 50.5 Å². The number of hydrogen-bond donors (Lipinski definition) is 1. The van der Waals surface area contributed by atoms with Gasteiger partial charge in [-0.1, -0.05) is 86.4 Å². The summed E-state index contributed by atoms with van der Waals surface area (Å²) < 4.78 is 1.09. The van der Waals surface area contributed by atoms with E-state index in [2.05, 4.69) is 35.0 Å². The molecule has 1 aromatic carbocycles. The van der Waals surface area contributed by atoms with Crippen molar-refractivity contribution in [1.82, 2.24) is 0 Å². The molecular weight excluding hydrogens is 324 g/mol. The zero-order valence-electron chi connectivity index (χ0n) is 13.7. The van der Waals surface area contributed by atoms with Gasteiger partial charge in [-0.2, -0.15) is 0 Å². The fourth-order valence-corrected chi connectivity index (χ4v) is 3.03. The van der Waals surface area contributed by atoms with Crippen LogP contribution in [0.3, 0.4) is 0 Å². The van der Waals surface area contributed by atoms with Gasteiger partial charge in [-0.25, -0.2) is 0 Å².